The highest BCUT2D eigenvalue weighted by Gasteiger charge is 2.31. The molecule has 2 atom stereocenters. The van der Waals surface area contributed by atoms with Gasteiger partial charge >= 0.3 is 0 Å². The zero-order chi connectivity index (χ0) is 21.4. The Morgan fingerprint density at radius 1 is 1.00 bits per heavy atom. The van der Waals surface area contributed by atoms with Gasteiger partial charge in [-0.25, -0.2) is 0 Å². The first-order valence-corrected chi connectivity index (χ1v) is 10.9. The first-order chi connectivity index (χ1) is 15.1. The van der Waals surface area contributed by atoms with Crippen LogP contribution in [0.5, 0.6) is 0 Å². The van der Waals surface area contributed by atoms with E-state index in [1.807, 2.05) is 36.4 Å². The summed E-state index contributed by atoms with van der Waals surface area (Å²) in [5.74, 6) is 0.310. The zero-order valence-electron chi connectivity index (χ0n) is 17.4. The van der Waals surface area contributed by atoms with Gasteiger partial charge < -0.3 is 10.4 Å². The fourth-order valence-corrected chi connectivity index (χ4v) is 4.88. The molecule has 158 valence electrons. The van der Waals surface area contributed by atoms with Crippen LogP contribution >= 0.6 is 0 Å². The summed E-state index contributed by atoms with van der Waals surface area (Å²) in [5.41, 5.74) is 3.90. The van der Waals surface area contributed by atoms with Crippen LogP contribution in [0.1, 0.15) is 48.1 Å². The number of carbonyl (C=O) groups excluding carboxylic acids is 2. The van der Waals surface area contributed by atoms with E-state index in [9.17, 15) is 14.7 Å². The number of aliphatic hydroxyl groups excluding tert-OH is 1. The van der Waals surface area contributed by atoms with Crippen LogP contribution in [0, 0.1) is 0 Å². The van der Waals surface area contributed by atoms with E-state index in [2.05, 4.69) is 34.5 Å². The molecule has 3 aromatic rings. The maximum absolute atomic E-state index is 12.3. The SMILES string of the molecule is O=C1CCN(CC(O)c2ccc3c(c2)CCC(=O)N3)C(c2cccc3ccccc23)C1. The number of piperidine rings is 1. The normalized spacial score (nSPS) is 20.4. The topological polar surface area (TPSA) is 69.6 Å². The van der Waals surface area contributed by atoms with E-state index >= 15 is 0 Å². The highest BCUT2D eigenvalue weighted by molar-refractivity contribution is 5.94. The zero-order valence-corrected chi connectivity index (χ0v) is 17.4. The van der Waals surface area contributed by atoms with Crippen LogP contribution in [0.3, 0.4) is 0 Å². The van der Waals surface area contributed by atoms with Gasteiger partial charge in [0.05, 0.1) is 6.10 Å². The molecule has 2 aliphatic heterocycles. The van der Waals surface area contributed by atoms with Crippen molar-refractivity contribution in [3.8, 4) is 0 Å². The van der Waals surface area contributed by atoms with Crippen LogP contribution in [-0.4, -0.2) is 34.8 Å². The van der Waals surface area contributed by atoms with Crippen LogP contribution in [0.4, 0.5) is 5.69 Å². The lowest BCUT2D eigenvalue weighted by Gasteiger charge is -2.37. The lowest BCUT2D eigenvalue weighted by atomic mass is 9.90. The van der Waals surface area contributed by atoms with Crippen LogP contribution in [0.2, 0.25) is 0 Å². The summed E-state index contributed by atoms with van der Waals surface area (Å²) in [6, 6.07) is 20.2. The second-order valence-electron chi connectivity index (χ2n) is 8.55. The van der Waals surface area contributed by atoms with E-state index in [4.69, 9.17) is 0 Å². The number of ketones is 1. The van der Waals surface area contributed by atoms with Gasteiger partial charge in [0.1, 0.15) is 5.78 Å². The summed E-state index contributed by atoms with van der Waals surface area (Å²) in [5, 5.41) is 16.3. The van der Waals surface area contributed by atoms with Crippen LogP contribution in [0.25, 0.3) is 10.8 Å². The molecule has 0 saturated carbocycles. The van der Waals surface area contributed by atoms with E-state index in [1.54, 1.807) is 0 Å². The molecule has 0 spiro atoms. The number of β-amino-alcohol motifs (C(OH)–C–C–N with tert-alkyl or cyclic N) is 1. The van der Waals surface area contributed by atoms with Gasteiger partial charge in [-0.15, -0.1) is 0 Å². The van der Waals surface area contributed by atoms with E-state index in [0.717, 1.165) is 33.2 Å². The second-order valence-corrected chi connectivity index (χ2v) is 8.55. The quantitative estimate of drug-likeness (QED) is 0.673. The Bertz CT molecular complexity index is 1150. The van der Waals surface area contributed by atoms with Gasteiger partial charge in [-0.1, -0.05) is 54.6 Å². The number of fused-ring (bicyclic) bond motifs is 2. The number of carbonyl (C=O) groups is 2. The number of likely N-dealkylation sites (tertiary alicyclic amines) is 1. The summed E-state index contributed by atoms with van der Waals surface area (Å²) in [4.78, 5) is 26.2. The number of Topliss-reactive ketones (excluding diaryl/α,β-unsaturated/α-hetero) is 1. The Labute approximate surface area is 181 Å². The number of hydrogen-bond acceptors (Lipinski definition) is 4. The van der Waals surface area contributed by atoms with Crippen molar-refractivity contribution >= 4 is 28.2 Å². The number of nitrogens with one attached hydrogen (secondary N) is 1. The lowest BCUT2D eigenvalue weighted by molar-refractivity contribution is -0.123. The van der Waals surface area contributed by atoms with Gasteiger partial charge in [-0.3, -0.25) is 14.5 Å². The van der Waals surface area contributed by atoms with Gasteiger partial charge in [0.15, 0.2) is 0 Å². The minimum absolute atomic E-state index is 0.0386. The maximum Gasteiger partial charge on any atom is 0.224 e. The van der Waals surface area contributed by atoms with E-state index in [0.29, 0.717) is 38.8 Å². The largest absolute Gasteiger partial charge is 0.387 e. The standard InChI is InChI=1S/C26H26N2O3/c29-20-12-13-28(24(15-20)22-7-3-5-17-4-1-2-6-21(17)22)16-25(30)19-8-10-23-18(14-19)9-11-26(31)27-23/h1-8,10,14,24-25,30H,9,11-13,15-16H2,(H,27,31). The molecule has 0 bridgehead atoms. The van der Waals surface area contributed by atoms with Gasteiger partial charge in [0, 0.05) is 44.1 Å². The number of amides is 1. The second kappa shape index (κ2) is 8.25. The Kier molecular flexibility index (Phi) is 5.30. The van der Waals surface area contributed by atoms with Crippen LogP contribution in [0.15, 0.2) is 60.7 Å². The molecule has 0 aliphatic carbocycles. The molecule has 5 nitrogen and oxygen atoms in total. The Morgan fingerprint density at radius 3 is 2.74 bits per heavy atom. The number of hydrogen-bond donors (Lipinski definition) is 2. The summed E-state index contributed by atoms with van der Waals surface area (Å²) in [6.45, 7) is 1.11. The molecular formula is C26H26N2O3. The molecule has 5 heteroatoms. The highest BCUT2D eigenvalue weighted by atomic mass is 16.3. The van der Waals surface area contributed by atoms with Crippen LogP contribution in [-0.2, 0) is 16.0 Å². The molecule has 5 rings (SSSR count). The van der Waals surface area contributed by atoms with E-state index in [1.165, 1.54) is 0 Å². The van der Waals surface area contributed by atoms with Crippen molar-refractivity contribution in [1.82, 2.24) is 4.90 Å². The number of aryl methyl sites for hydroxylation is 1. The molecule has 2 unspecified atom stereocenters. The summed E-state index contributed by atoms with van der Waals surface area (Å²) in [6.07, 6.45) is 1.50. The average Bonchev–Trinajstić information content (AvgIpc) is 2.79. The lowest BCUT2D eigenvalue weighted by Crippen LogP contribution is -2.39. The third kappa shape index (κ3) is 3.99. The molecule has 2 heterocycles. The first-order valence-electron chi connectivity index (χ1n) is 10.9. The van der Waals surface area contributed by atoms with Crippen molar-refractivity contribution in [2.24, 2.45) is 0 Å². The number of aliphatic hydroxyl groups is 1. The fourth-order valence-electron chi connectivity index (χ4n) is 4.88. The predicted octanol–water partition coefficient (Wildman–Crippen LogP) is 4.16. The minimum atomic E-state index is -0.659. The Morgan fingerprint density at radius 2 is 1.84 bits per heavy atom. The molecule has 0 aromatic heterocycles. The van der Waals surface area contributed by atoms with Crippen molar-refractivity contribution in [3.05, 3.63) is 77.4 Å². The monoisotopic (exact) mass is 414 g/mol. The molecular weight excluding hydrogens is 388 g/mol. The van der Waals surface area contributed by atoms with Crippen molar-refractivity contribution in [3.63, 3.8) is 0 Å². The fraction of sp³-hybridized carbons (Fsp3) is 0.308. The summed E-state index contributed by atoms with van der Waals surface area (Å²) < 4.78 is 0. The van der Waals surface area contributed by atoms with Crippen molar-refractivity contribution in [2.75, 3.05) is 18.4 Å². The molecule has 2 N–H and O–H groups in total. The van der Waals surface area contributed by atoms with Gasteiger partial charge in [-0.2, -0.15) is 0 Å². The molecule has 2 aliphatic rings. The van der Waals surface area contributed by atoms with Gasteiger partial charge in [0.25, 0.3) is 0 Å². The first kappa shape index (κ1) is 19.9. The molecule has 1 fully saturated rings. The number of benzene rings is 3. The third-order valence-electron chi connectivity index (χ3n) is 6.54. The van der Waals surface area contributed by atoms with E-state index < -0.39 is 6.10 Å². The average molecular weight is 415 g/mol. The van der Waals surface area contributed by atoms with Gasteiger partial charge in [-0.05, 0) is 39.9 Å². The van der Waals surface area contributed by atoms with Crippen molar-refractivity contribution in [1.29, 1.82) is 0 Å². The smallest absolute Gasteiger partial charge is 0.224 e. The van der Waals surface area contributed by atoms with E-state index in [-0.39, 0.29) is 17.7 Å². The molecule has 0 radical (unpaired) electrons. The maximum atomic E-state index is 12.3. The minimum Gasteiger partial charge on any atom is -0.387 e. The van der Waals surface area contributed by atoms with Gasteiger partial charge in [0.2, 0.25) is 5.91 Å². The Balaban J connectivity index is 1.42. The predicted molar refractivity (Wildman–Crippen MR) is 121 cm³/mol. The molecule has 31 heavy (non-hydrogen) atoms. The number of nitrogens with zero attached hydrogens (tertiary/aromatic N) is 1. The third-order valence-corrected chi connectivity index (χ3v) is 6.54. The molecule has 1 saturated heterocycles. The molecule has 3 aromatic carbocycles. The summed E-state index contributed by atoms with van der Waals surface area (Å²) >= 11 is 0. The number of anilines is 1. The van der Waals surface area contributed by atoms with Crippen molar-refractivity contribution in [2.45, 2.75) is 37.8 Å². The highest BCUT2D eigenvalue weighted by Crippen LogP contribution is 2.35. The summed E-state index contributed by atoms with van der Waals surface area (Å²) in [7, 11) is 0. The Hall–Kier alpha value is -3.02. The van der Waals surface area contributed by atoms with Crippen LogP contribution < -0.4 is 5.32 Å². The van der Waals surface area contributed by atoms with Crippen molar-refractivity contribution < 1.29 is 14.7 Å². The number of rotatable bonds is 4. The molecule has 1 amide bonds.